The van der Waals surface area contributed by atoms with E-state index < -0.39 is 0 Å². The van der Waals surface area contributed by atoms with Crippen LogP contribution in [0.3, 0.4) is 0 Å². The molecule has 0 saturated carbocycles. The molecule has 0 spiro atoms. The summed E-state index contributed by atoms with van der Waals surface area (Å²) >= 11 is 0. The first-order valence-electron chi connectivity index (χ1n) is 12.8. The molecule has 36 heavy (non-hydrogen) atoms. The third-order valence-corrected chi connectivity index (χ3v) is 7.50. The van der Waals surface area contributed by atoms with Crippen LogP contribution >= 0.6 is 0 Å². The number of aryl methyl sites for hydroxylation is 1. The molecular formula is C36H26. The molecule has 0 aromatic heterocycles. The summed E-state index contributed by atoms with van der Waals surface area (Å²) in [6, 6.07) is 44.6. The Hall–Kier alpha value is -4.42. The van der Waals surface area contributed by atoms with Crippen molar-refractivity contribution in [3.8, 4) is 33.4 Å². The molecule has 6 aromatic rings. The van der Waals surface area contributed by atoms with E-state index in [4.69, 9.17) is 0 Å². The minimum absolute atomic E-state index is 1.12. The van der Waals surface area contributed by atoms with E-state index in [9.17, 15) is 0 Å². The standard InChI is InChI=1S/C36H26/c1-2-11-26(12-3-1)32-18-9-19-34-35(24-31-14-6-7-17-33(31)36(32)34)30-16-8-15-28(23-30)29-21-20-25-10-4-5-13-27(25)22-29/h1-4,6-12,14-24H,5,13H2. The molecule has 0 radical (unpaired) electrons. The number of hydrogen-bond acceptors (Lipinski definition) is 0. The van der Waals surface area contributed by atoms with E-state index in [1.165, 1.54) is 66.1 Å². The van der Waals surface area contributed by atoms with E-state index in [1.807, 2.05) is 0 Å². The second-order valence-corrected chi connectivity index (χ2v) is 9.67. The highest BCUT2D eigenvalue weighted by Gasteiger charge is 2.14. The highest BCUT2D eigenvalue weighted by Crippen LogP contribution is 2.41. The first kappa shape index (κ1) is 20.9. The highest BCUT2D eigenvalue weighted by atomic mass is 14.2. The minimum Gasteiger partial charge on any atom is -0.0836 e. The van der Waals surface area contributed by atoms with Gasteiger partial charge in [-0.15, -0.1) is 0 Å². The fraction of sp³-hybridized carbons (Fsp3) is 0.0556. The lowest BCUT2D eigenvalue weighted by Crippen LogP contribution is -1.94. The summed E-state index contributed by atoms with van der Waals surface area (Å²) in [7, 11) is 0. The molecule has 0 heterocycles. The second-order valence-electron chi connectivity index (χ2n) is 9.67. The van der Waals surface area contributed by atoms with Crippen LogP contribution in [0, 0.1) is 0 Å². The first-order valence-corrected chi connectivity index (χ1v) is 12.8. The van der Waals surface area contributed by atoms with E-state index in [-0.39, 0.29) is 0 Å². The van der Waals surface area contributed by atoms with Crippen LogP contribution in [-0.2, 0) is 6.42 Å². The molecule has 0 amide bonds. The van der Waals surface area contributed by atoms with Gasteiger partial charge in [-0.1, -0.05) is 121 Å². The molecule has 0 nitrogen and oxygen atoms in total. The van der Waals surface area contributed by atoms with Gasteiger partial charge >= 0.3 is 0 Å². The lowest BCUT2D eigenvalue weighted by Gasteiger charge is -2.16. The van der Waals surface area contributed by atoms with Crippen molar-refractivity contribution in [3.05, 3.63) is 139 Å². The molecule has 1 aliphatic rings. The van der Waals surface area contributed by atoms with Crippen molar-refractivity contribution in [2.75, 3.05) is 0 Å². The number of allylic oxidation sites excluding steroid dienone is 1. The summed E-state index contributed by atoms with van der Waals surface area (Å²) in [5.74, 6) is 0. The van der Waals surface area contributed by atoms with Gasteiger partial charge in [0.25, 0.3) is 0 Å². The monoisotopic (exact) mass is 458 g/mol. The van der Waals surface area contributed by atoms with E-state index in [1.54, 1.807) is 0 Å². The summed E-state index contributed by atoms with van der Waals surface area (Å²) in [6.45, 7) is 0. The third kappa shape index (κ3) is 3.54. The zero-order chi connectivity index (χ0) is 23.9. The van der Waals surface area contributed by atoms with E-state index in [2.05, 4.69) is 133 Å². The molecule has 0 aliphatic heterocycles. The van der Waals surface area contributed by atoms with Crippen LogP contribution in [0.4, 0.5) is 0 Å². The van der Waals surface area contributed by atoms with Gasteiger partial charge in [-0.25, -0.2) is 0 Å². The van der Waals surface area contributed by atoms with Crippen molar-refractivity contribution in [3.63, 3.8) is 0 Å². The Morgan fingerprint density at radius 1 is 0.472 bits per heavy atom. The Morgan fingerprint density at radius 3 is 2.17 bits per heavy atom. The molecule has 7 rings (SSSR count). The van der Waals surface area contributed by atoms with Crippen molar-refractivity contribution in [1.82, 2.24) is 0 Å². The minimum atomic E-state index is 1.12. The van der Waals surface area contributed by atoms with Gasteiger partial charge < -0.3 is 0 Å². The normalized spacial score (nSPS) is 12.7. The maximum atomic E-state index is 2.38. The highest BCUT2D eigenvalue weighted by molar-refractivity contribution is 6.19. The van der Waals surface area contributed by atoms with Gasteiger partial charge in [-0.2, -0.15) is 0 Å². The lowest BCUT2D eigenvalue weighted by molar-refractivity contribution is 0.986. The van der Waals surface area contributed by atoms with Crippen molar-refractivity contribution in [1.29, 1.82) is 0 Å². The predicted octanol–water partition coefficient (Wildman–Crippen LogP) is 9.95. The Labute approximate surface area is 212 Å². The molecule has 0 bridgehead atoms. The van der Waals surface area contributed by atoms with E-state index in [0.717, 1.165) is 12.8 Å². The largest absolute Gasteiger partial charge is 0.0836 e. The maximum Gasteiger partial charge on any atom is -0.00206 e. The first-order chi connectivity index (χ1) is 17.8. The van der Waals surface area contributed by atoms with Crippen LogP contribution in [0.5, 0.6) is 0 Å². The van der Waals surface area contributed by atoms with Crippen LogP contribution in [-0.4, -0.2) is 0 Å². The predicted molar refractivity (Wildman–Crippen MR) is 155 cm³/mol. The quantitative estimate of drug-likeness (QED) is 0.231. The zero-order valence-corrected chi connectivity index (χ0v) is 20.1. The van der Waals surface area contributed by atoms with Crippen molar-refractivity contribution in [2.45, 2.75) is 12.8 Å². The van der Waals surface area contributed by atoms with Gasteiger partial charge in [-0.05, 0) is 91.0 Å². The average molecular weight is 459 g/mol. The Balaban J connectivity index is 1.46. The SMILES string of the molecule is C1=Cc2ccc(-c3cccc(-c4cc5ccccc5c5c(-c6ccccc6)cccc45)c3)cc2CC1. The topological polar surface area (TPSA) is 0 Å². The molecule has 0 N–H and O–H groups in total. The van der Waals surface area contributed by atoms with Gasteiger partial charge in [-0.3, -0.25) is 0 Å². The fourth-order valence-corrected chi connectivity index (χ4v) is 5.73. The summed E-state index contributed by atoms with van der Waals surface area (Å²) in [5.41, 5.74) is 10.4. The molecular weight excluding hydrogens is 432 g/mol. The van der Waals surface area contributed by atoms with E-state index >= 15 is 0 Å². The van der Waals surface area contributed by atoms with E-state index in [0.29, 0.717) is 0 Å². The van der Waals surface area contributed by atoms with Crippen LogP contribution in [0.25, 0.3) is 61.0 Å². The van der Waals surface area contributed by atoms with Crippen molar-refractivity contribution in [2.24, 2.45) is 0 Å². The molecule has 1 aliphatic carbocycles. The third-order valence-electron chi connectivity index (χ3n) is 7.50. The number of hydrogen-bond donors (Lipinski definition) is 0. The molecule has 0 heteroatoms. The Kier molecular flexibility index (Phi) is 5.03. The molecule has 0 saturated heterocycles. The summed E-state index contributed by atoms with van der Waals surface area (Å²) in [5, 5.41) is 5.19. The van der Waals surface area contributed by atoms with Crippen LogP contribution in [0.2, 0.25) is 0 Å². The van der Waals surface area contributed by atoms with Gasteiger partial charge in [0.2, 0.25) is 0 Å². The van der Waals surface area contributed by atoms with Gasteiger partial charge in [0.15, 0.2) is 0 Å². The number of rotatable bonds is 3. The smallest absolute Gasteiger partial charge is 0.00206 e. The van der Waals surface area contributed by atoms with Crippen LogP contribution in [0.15, 0.2) is 127 Å². The average Bonchev–Trinajstić information content (AvgIpc) is 2.96. The maximum absolute atomic E-state index is 2.38. The summed E-state index contributed by atoms with van der Waals surface area (Å²) < 4.78 is 0. The molecule has 6 aromatic carbocycles. The molecule has 170 valence electrons. The molecule has 0 fully saturated rings. The molecule has 0 unspecified atom stereocenters. The van der Waals surface area contributed by atoms with Crippen molar-refractivity contribution >= 4 is 27.6 Å². The number of benzene rings is 6. The van der Waals surface area contributed by atoms with Gasteiger partial charge in [0.1, 0.15) is 0 Å². The summed E-state index contributed by atoms with van der Waals surface area (Å²) in [4.78, 5) is 0. The van der Waals surface area contributed by atoms with Gasteiger partial charge in [0, 0.05) is 0 Å². The van der Waals surface area contributed by atoms with Gasteiger partial charge in [0.05, 0.1) is 0 Å². The lowest BCUT2D eigenvalue weighted by atomic mass is 9.88. The Bertz CT molecular complexity index is 1770. The van der Waals surface area contributed by atoms with Crippen LogP contribution < -0.4 is 0 Å². The molecule has 0 atom stereocenters. The zero-order valence-electron chi connectivity index (χ0n) is 20.1. The number of fused-ring (bicyclic) bond motifs is 4. The van der Waals surface area contributed by atoms with Crippen LogP contribution in [0.1, 0.15) is 17.5 Å². The Morgan fingerprint density at radius 2 is 1.22 bits per heavy atom. The fourth-order valence-electron chi connectivity index (χ4n) is 5.73. The van der Waals surface area contributed by atoms with Crippen molar-refractivity contribution < 1.29 is 0 Å². The summed E-state index contributed by atoms with van der Waals surface area (Å²) in [6.07, 6.45) is 6.78. The second kappa shape index (κ2) is 8.66.